The van der Waals surface area contributed by atoms with Gasteiger partial charge in [-0.2, -0.15) is 0 Å². The van der Waals surface area contributed by atoms with Gasteiger partial charge in [0.1, 0.15) is 0 Å². The van der Waals surface area contributed by atoms with Crippen molar-refractivity contribution < 1.29 is 14.5 Å². The van der Waals surface area contributed by atoms with E-state index in [-0.39, 0.29) is 18.2 Å². The summed E-state index contributed by atoms with van der Waals surface area (Å²) in [6, 6.07) is 7.20. The van der Waals surface area contributed by atoms with Crippen LogP contribution < -0.4 is 16.4 Å². The van der Waals surface area contributed by atoms with Gasteiger partial charge in [0, 0.05) is 0 Å². The molecule has 8 nitrogen and oxygen atoms in total. The van der Waals surface area contributed by atoms with Crippen molar-refractivity contribution in [3.05, 3.63) is 30.0 Å². The van der Waals surface area contributed by atoms with Crippen molar-refractivity contribution in [3.63, 3.8) is 0 Å². The predicted octanol–water partition coefficient (Wildman–Crippen LogP) is 0.831. The second-order valence-corrected chi connectivity index (χ2v) is 3.38. The number of hydrogen-bond donors (Lipinski definition) is 4. The molecule has 0 saturated carbocycles. The van der Waals surface area contributed by atoms with Crippen molar-refractivity contribution in [1.82, 2.24) is 10.3 Å². The molecule has 1 heterocycles. The van der Waals surface area contributed by atoms with Gasteiger partial charge in [0.05, 0.1) is 18.0 Å². The number of carboxylic acids is 1. The summed E-state index contributed by atoms with van der Waals surface area (Å²) < 4.78 is 4.34. The van der Waals surface area contributed by atoms with Crippen LogP contribution in [-0.2, 0) is 0 Å². The van der Waals surface area contributed by atoms with Gasteiger partial charge in [-0.1, -0.05) is 12.1 Å². The molecule has 0 bridgehead atoms. The fraction of sp³-hybridized carbons (Fsp3) is 0.100. The molecular weight excluding hydrogens is 238 g/mol. The number of anilines is 3. The third kappa shape index (κ3) is 2.48. The van der Waals surface area contributed by atoms with Crippen LogP contribution in [0.1, 0.15) is 10.5 Å². The van der Waals surface area contributed by atoms with E-state index in [4.69, 9.17) is 10.8 Å². The van der Waals surface area contributed by atoms with Crippen molar-refractivity contribution in [2.45, 2.75) is 0 Å². The number of aromatic nitrogens is 2. The Hall–Kier alpha value is -2.77. The molecular formula is C10H11N5O3. The quantitative estimate of drug-likeness (QED) is 0.453. The number of carboxylic acid groups (broad SMARTS) is 1. The summed E-state index contributed by atoms with van der Waals surface area (Å²) in [5.74, 6) is -1.15. The van der Waals surface area contributed by atoms with Crippen molar-refractivity contribution in [2.24, 2.45) is 0 Å². The molecule has 8 heteroatoms. The molecule has 5 N–H and O–H groups in total. The molecule has 0 aliphatic rings. The van der Waals surface area contributed by atoms with Gasteiger partial charge in [-0.15, -0.1) is 0 Å². The Kier molecular flexibility index (Phi) is 3.28. The number of carbonyl (C=O) groups is 1. The van der Waals surface area contributed by atoms with E-state index >= 15 is 0 Å². The van der Waals surface area contributed by atoms with Crippen LogP contribution in [0, 0.1) is 0 Å². The monoisotopic (exact) mass is 249 g/mol. The predicted molar refractivity (Wildman–Crippen MR) is 64.2 cm³/mol. The van der Waals surface area contributed by atoms with Gasteiger partial charge in [-0.25, -0.2) is 9.42 Å². The zero-order valence-corrected chi connectivity index (χ0v) is 9.25. The number of nitrogens with zero attached hydrogens (tertiary/aromatic N) is 2. The lowest BCUT2D eigenvalue weighted by atomic mass is 10.3. The normalized spacial score (nSPS) is 10.0. The highest BCUT2D eigenvalue weighted by Gasteiger charge is 2.16. The third-order valence-electron chi connectivity index (χ3n) is 2.19. The fourth-order valence-electron chi connectivity index (χ4n) is 1.33. The van der Waals surface area contributed by atoms with E-state index in [1.807, 2.05) is 12.1 Å². The van der Waals surface area contributed by atoms with Gasteiger partial charge in [0.2, 0.25) is 11.5 Å². The molecule has 0 unspecified atom stereocenters. The summed E-state index contributed by atoms with van der Waals surface area (Å²) in [5, 5.41) is 21.2. The van der Waals surface area contributed by atoms with E-state index < -0.39 is 5.97 Å². The maximum atomic E-state index is 10.7. The Bertz CT molecular complexity index is 554. The molecule has 0 saturated heterocycles. The van der Waals surface area contributed by atoms with Crippen LogP contribution in [0.4, 0.5) is 17.2 Å². The van der Waals surface area contributed by atoms with E-state index in [0.717, 1.165) is 5.69 Å². The van der Waals surface area contributed by atoms with Crippen molar-refractivity contribution >= 4 is 23.2 Å². The minimum absolute atomic E-state index is 0.0597. The zero-order valence-electron chi connectivity index (χ0n) is 9.25. The molecule has 0 aliphatic heterocycles. The van der Waals surface area contributed by atoms with Gasteiger partial charge in [-0.05, 0) is 22.4 Å². The number of benzene rings is 1. The van der Waals surface area contributed by atoms with Crippen molar-refractivity contribution in [3.8, 4) is 0 Å². The van der Waals surface area contributed by atoms with Crippen molar-refractivity contribution in [2.75, 3.05) is 23.0 Å². The Labute approximate surface area is 102 Å². The first-order valence-electron chi connectivity index (χ1n) is 5.06. The SMILES string of the molecule is Nc1ccccc1NCNc1nonc1C(=O)O. The number of nitrogens with one attached hydrogen (secondary N) is 2. The first-order chi connectivity index (χ1) is 8.68. The molecule has 1 aromatic carbocycles. The number of para-hydroxylation sites is 2. The van der Waals surface area contributed by atoms with Crippen LogP contribution in [0.2, 0.25) is 0 Å². The molecule has 0 amide bonds. The van der Waals surface area contributed by atoms with Gasteiger partial charge >= 0.3 is 5.97 Å². The molecule has 0 radical (unpaired) electrons. The molecule has 0 spiro atoms. The van der Waals surface area contributed by atoms with Crippen LogP contribution in [0.5, 0.6) is 0 Å². The standard InChI is InChI=1S/C10H11N5O3/c11-6-3-1-2-4-7(6)12-5-13-9-8(10(16)17)14-18-15-9/h1-4,12H,5,11H2,(H,13,15)(H,16,17). The highest BCUT2D eigenvalue weighted by molar-refractivity contribution is 5.90. The lowest BCUT2D eigenvalue weighted by molar-refractivity contribution is 0.0685. The number of hydrogen-bond acceptors (Lipinski definition) is 7. The number of rotatable bonds is 5. The second-order valence-electron chi connectivity index (χ2n) is 3.38. The summed E-state index contributed by atoms with van der Waals surface area (Å²) in [4.78, 5) is 10.7. The number of nitrogens with two attached hydrogens (primary N) is 1. The Balaban J connectivity index is 1.95. The zero-order chi connectivity index (χ0) is 13.0. The Morgan fingerprint density at radius 3 is 2.83 bits per heavy atom. The van der Waals surface area contributed by atoms with E-state index in [0.29, 0.717) is 5.69 Å². The molecule has 1 aromatic heterocycles. The summed E-state index contributed by atoms with van der Waals surface area (Å²) in [7, 11) is 0. The van der Waals surface area contributed by atoms with Gasteiger partial charge in [0.15, 0.2) is 0 Å². The molecule has 0 atom stereocenters. The first-order valence-corrected chi connectivity index (χ1v) is 5.06. The maximum absolute atomic E-state index is 10.7. The van der Waals surface area contributed by atoms with Gasteiger partial charge in [0.25, 0.3) is 0 Å². The minimum Gasteiger partial charge on any atom is -0.476 e. The van der Waals surface area contributed by atoms with Crippen molar-refractivity contribution in [1.29, 1.82) is 0 Å². The lowest BCUT2D eigenvalue weighted by Crippen LogP contribution is -2.15. The summed E-state index contributed by atoms with van der Waals surface area (Å²) >= 11 is 0. The van der Waals surface area contributed by atoms with E-state index in [1.54, 1.807) is 12.1 Å². The summed E-state index contributed by atoms with van der Waals surface area (Å²) in [5.41, 5.74) is 6.79. The van der Waals surface area contributed by atoms with Gasteiger partial charge in [-0.3, -0.25) is 0 Å². The smallest absolute Gasteiger partial charge is 0.362 e. The molecule has 18 heavy (non-hydrogen) atoms. The third-order valence-corrected chi connectivity index (χ3v) is 2.19. The average molecular weight is 249 g/mol. The minimum atomic E-state index is -1.21. The highest BCUT2D eigenvalue weighted by atomic mass is 16.6. The molecule has 2 aromatic rings. The summed E-state index contributed by atoms with van der Waals surface area (Å²) in [6.45, 7) is 0.239. The molecule has 94 valence electrons. The average Bonchev–Trinajstić information content (AvgIpc) is 2.80. The van der Waals surface area contributed by atoms with Gasteiger partial charge < -0.3 is 21.5 Å². The Morgan fingerprint density at radius 2 is 2.11 bits per heavy atom. The molecule has 0 fully saturated rings. The van der Waals surface area contributed by atoms with E-state index in [9.17, 15) is 4.79 Å². The molecule has 2 rings (SSSR count). The van der Waals surface area contributed by atoms with Crippen LogP contribution in [0.25, 0.3) is 0 Å². The Morgan fingerprint density at radius 1 is 1.33 bits per heavy atom. The fourth-order valence-corrected chi connectivity index (χ4v) is 1.33. The van der Waals surface area contributed by atoms with E-state index in [1.165, 1.54) is 0 Å². The topological polar surface area (TPSA) is 126 Å². The molecule has 0 aliphatic carbocycles. The first kappa shape index (κ1) is 11.7. The van der Waals surface area contributed by atoms with Crippen LogP contribution >= 0.6 is 0 Å². The number of aromatic carboxylic acids is 1. The lowest BCUT2D eigenvalue weighted by Gasteiger charge is -2.09. The van der Waals surface area contributed by atoms with Crippen LogP contribution in [-0.4, -0.2) is 28.1 Å². The van der Waals surface area contributed by atoms with Crippen LogP contribution in [0.3, 0.4) is 0 Å². The maximum Gasteiger partial charge on any atom is 0.362 e. The largest absolute Gasteiger partial charge is 0.476 e. The second kappa shape index (κ2) is 5.04. The number of nitrogen functional groups attached to an aromatic ring is 1. The summed E-state index contributed by atoms with van der Waals surface area (Å²) in [6.07, 6.45) is 0. The highest BCUT2D eigenvalue weighted by Crippen LogP contribution is 2.16. The van der Waals surface area contributed by atoms with Crippen LogP contribution in [0.15, 0.2) is 28.9 Å². The van der Waals surface area contributed by atoms with E-state index in [2.05, 4.69) is 25.6 Å².